The van der Waals surface area contributed by atoms with E-state index in [1.54, 1.807) is 7.11 Å². The van der Waals surface area contributed by atoms with Crippen LogP contribution in [0.25, 0.3) is 11.4 Å². The van der Waals surface area contributed by atoms with Gasteiger partial charge in [-0.1, -0.05) is 18.5 Å². The minimum atomic E-state index is 0.538. The second-order valence-corrected chi connectivity index (χ2v) is 4.34. The number of aryl methyl sites for hydroxylation is 1. The molecule has 1 aromatic heterocycles. The molecule has 0 aliphatic rings. The van der Waals surface area contributed by atoms with Crippen LogP contribution in [0.3, 0.4) is 0 Å². The fourth-order valence-corrected chi connectivity index (χ4v) is 2.18. The van der Waals surface area contributed by atoms with E-state index in [0.717, 1.165) is 29.0 Å². The maximum absolute atomic E-state index is 6.17. The fourth-order valence-electron chi connectivity index (χ4n) is 1.83. The molecule has 4 heteroatoms. The Kier molecular flexibility index (Phi) is 3.82. The van der Waals surface area contributed by atoms with E-state index < -0.39 is 0 Å². The number of hydrogen-bond donors (Lipinski definition) is 0. The first-order valence-electron chi connectivity index (χ1n) is 5.83. The summed E-state index contributed by atoms with van der Waals surface area (Å²) < 4.78 is 5.12. The lowest BCUT2D eigenvalue weighted by Crippen LogP contribution is -1.99. The van der Waals surface area contributed by atoms with E-state index in [1.165, 1.54) is 0 Å². The molecule has 0 N–H and O–H groups in total. The highest BCUT2D eigenvalue weighted by molar-refractivity contribution is 6.30. The number of benzene rings is 1. The minimum Gasteiger partial charge on any atom is -0.497 e. The first kappa shape index (κ1) is 12.8. The van der Waals surface area contributed by atoms with Crippen LogP contribution in [-0.4, -0.2) is 17.1 Å². The zero-order valence-electron chi connectivity index (χ0n) is 10.7. The molecule has 0 atom stereocenters. The van der Waals surface area contributed by atoms with Gasteiger partial charge in [-0.3, -0.25) is 0 Å². The molecule has 0 aliphatic heterocycles. The lowest BCUT2D eigenvalue weighted by molar-refractivity contribution is 0.415. The average molecular weight is 263 g/mol. The second kappa shape index (κ2) is 5.36. The van der Waals surface area contributed by atoms with E-state index in [0.29, 0.717) is 11.0 Å². The summed E-state index contributed by atoms with van der Waals surface area (Å²) in [6.45, 7) is 4.00. The quantitative estimate of drug-likeness (QED) is 0.792. The first-order valence-corrected chi connectivity index (χ1v) is 6.21. The van der Waals surface area contributed by atoms with Gasteiger partial charge in [0.2, 0.25) is 0 Å². The van der Waals surface area contributed by atoms with Crippen molar-refractivity contribution in [3.05, 3.63) is 40.7 Å². The smallest absolute Gasteiger partial charge is 0.161 e. The van der Waals surface area contributed by atoms with E-state index in [4.69, 9.17) is 16.3 Å². The van der Waals surface area contributed by atoms with E-state index in [9.17, 15) is 0 Å². The van der Waals surface area contributed by atoms with E-state index in [-0.39, 0.29) is 0 Å². The van der Waals surface area contributed by atoms with Crippen molar-refractivity contribution in [3.63, 3.8) is 0 Å². The molecule has 0 amide bonds. The van der Waals surface area contributed by atoms with Crippen molar-refractivity contribution >= 4 is 11.6 Å². The van der Waals surface area contributed by atoms with Crippen LogP contribution < -0.4 is 4.74 Å². The van der Waals surface area contributed by atoms with Gasteiger partial charge >= 0.3 is 0 Å². The molecule has 2 rings (SSSR count). The largest absolute Gasteiger partial charge is 0.497 e. The predicted octanol–water partition coefficient (Wildman–Crippen LogP) is 3.68. The van der Waals surface area contributed by atoms with Gasteiger partial charge in [-0.25, -0.2) is 9.97 Å². The first-order chi connectivity index (χ1) is 8.65. The van der Waals surface area contributed by atoms with Crippen LogP contribution in [0, 0.1) is 6.92 Å². The number of hydrogen-bond acceptors (Lipinski definition) is 3. The molecule has 0 spiro atoms. The van der Waals surface area contributed by atoms with Crippen molar-refractivity contribution in [1.82, 2.24) is 9.97 Å². The molecule has 0 radical (unpaired) electrons. The molecule has 2 aromatic rings. The van der Waals surface area contributed by atoms with Crippen LogP contribution in [0.2, 0.25) is 5.15 Å². The minimum absolute atomic E-state index is 0.538. The van der Waals surface area contributed by atoms with E-state index >= 15 is 0 Å². The Balaban J connectivity index is 2.44. The second-order valence-electron chi connectivity index (χ2n) is 3.98. The van der Waals surface area contributed by atoms with Gasteiger partial charge < -0.3 is 4.74 Å². The molecule has 0 fully saturated rings. The van der Waals surface area contributed by atoms with Crippen LogP contribution in [0.4, 0.5) is 0 Å². The summed E-state index contributed by atoms with van der Waals surface area (Å²) in [5.41, 5.74) is 2.88. The molecule has 1 heterocycles. The monoisotopic (exact) mass is 262 g/mol. The zero-order chi connectivity index (χ0) is 13.1. The van der Waals surface area contributed by atoms with Gasteiger partial charge in [0, 0.05) is 16.8 Å². The Morgan fingerprint density at radius 3 is 2.33 bits per heavy atom. The summed E-state index contributed by atoms with van der Waals surface area (Å²) in [5, 5.41) is 0.538. The maximum Gasteiger partial charge on any atom is 0.161 e. The van der Waals surface area contributed by atoms with Crippen molar-refractivity contribution in [2.24, 2.45) is 0 Å². The Bertz CT molecular complexity index is 529. The molecule has 3 nitrogen and oxygen atoms in total. The Labute approximate surface area is 112 Å². The third kappa shape index (κ3) is 2.46. The molecular weight excluding hydrogens is 248 g/mol. The molecule has 18 heavy (non-hydrogen) atoms. The Morgan fingerprint density at radius 2 is 1.83 bits per heavy atom. The predicted molar refractivity (Wildman–Crippen MR) is 73.1 cm³/mol. The van der Waals surface area contributed by atoms with Gasteiger partial charge in [0.25, 0.3) is 0 Å². The summed E-state index contributed by atoms with van der Waals surface area (Å²) >= 11 is 6.17. The van der Waals surface area contributed by atoms with Gasteiger partial charge in [-0.2, -0.15) is 0 Å². The van der Waals surface area contributed by atoms with Gasteiger partial charge in [-0.15, -0.1) is 0 Å². The lowest BCUT2D eigenvalue weighted by atomic mass is 10.1. The van der Waals surface area contributed by atoms with Gasteiger partial charge in [-0.05, 0) is 37.6 Å². The normalized spacial score (nSPS) is 10.4. The number of halogens is 1. The molecule has 0 bridgehead atoms. The van der Waals surface area contributed by atoms with Gasteiger partial charge in [0.1, 0.15) is 10.9 Å². The maximum atomic E-state index is 6.17. The van der Waals surface area contributed by atoms with Crippen molar-refractivity contribution in [1.29, 1.82) is 0 Å². The number of rotatable bonds is 3. The zero-order valence-corrected chi connectivity index (χ0v) is 11.5. The molecule has 0 aliphatic carbocycles. The molecule has 94 valence electrons. The van der Waals surface area contributed by atoms with E-state index in [2.05, 4.69) is 9.97 Å². The van der Waals surface area contributed by atoms with Crippen LogP contribution in [-0.2, 0) is 6.42 Å². The SMILES string of the molecule is CCc1c(C)nc(-c2ccc(OC)cc2)nc1Cl. The standard InChI is InChI=1S/C14H15ClN2O/c1-4-12-9(2)16-14(17-13(12)15)10-5-7-11(18-3)8-6-10/h5-8H,4H2,1-3H3. The third-order valence-corrected chi connectivity index (χ3v) is 3.18. The summed E-state index contributed by atoms with van der Waals surface area (Å²) in [7, 11) is 1.64. The summed E-state index contributed by atoms with van der Waals surface area (Å²) in [6, 6.07) is 7.62. The number of nitrogens with zero attached hydrogens (tertiary/aromatic N) is 2. The number of aromatic nitrogens is 2. The number of methoxy groups -OCH3 is 1. The molecule has 0 unspecified atom stereocenters. The number of ether oxygens (including phenoxy) is 1. The van der Waals surface area contributed by atoms with Crippen LogP contribution in [0.1, 0.15) is 18.2 Å². The Hall–Kier alpha value is -1.61. The summed E-state index contributed by atoms with van der Waals surface area (Å²) in [4.78, 5) is 8.84. The van der Waals surface area contributed by atoms with E-state index in [1.807, 2.05) is 38.1 Å². The van der Waals surface area contributed by atoms with Crippen molar-refractivity contribution < 1.29 is 4.74 Å². The van der Waals surface area contributed by atoms with Crippen molar-refractivity contribution in [2.75, 3.05) is 7.11 Å². The summed E-state index contributed by atoms with van der Waals surface area (Å²) in [6.07, 6.45) is 0.841. The van der Waals surface area contributed by atoms with Crippen LogP contribution in [0.15, 0.2) is 24.3 Å². The van der Waals surface area contributed by atoms with Gasteiger partial charge in [0.15, 0.2) is 5.82 Å². The Morgan fingerprint density at radius 1 is 1.17 bits per heavy atom. The van der Waals surface area contributed by atoms with Crippen LogP contribution >= 0.6 is 11.6 Å². The molecule has 0 saturated carbocycles. The van der Waals surface area contributed by atoms with Crippen molar-refractivity contribution in [3.8, 4) is 17.1 Å². The third-order valence-electron chi connectivity index (χ3n) is 2.87. The molecule has 1 aromatic carbocycles. The summed E-state index contributed by atoms with van der Waals surface area (Å²) in [5.74, 6) is 1.46. The average Bonchev–Trinajstić information content (AvgIpc) is 2.38. The van der Waals surface area contributed by atoms with Gasteiger partial charge in [0.05, 0.1) is 7.11 Å². The highest BCUT2D eigenvalue weighted by atomic mass is 35.5. The topological polar surface area (TPSA) is 35.0 Å². The molecule has 0 saturated heterocycles. The lowest BCUT2D eigenvalue weighted by Gasteiger charge is -2.08. The van der Waals surface area contributed by atoms with Crippen molar-refractivity contribution in [2.45, 2.75) is 20.3 Å². The highest BCUT2D eigenvalue weighted by Gasteiger charge is 2.09. The fraction of sp³-hybridized carbons (Fsp3) is 0.286. The van der Waals surface area contributed by atoms with Crippen LogP contribution in [0.5, 0.6) is 5.75 Å². The highest BCUT2D eigenvalue weighted by Crippen LogP contribution is 2.24. The molecular formula is C14H15ClN2O.